The maximum Gasteiger partial charge on any atom is 0.204 e. The molecule has 26 heavy (non-hydrogen) atoms. The van der Waals surface area contributed by atoms with Gasteiger partial charge in [0.1, 0.15) is 5.66 Å². The van der Waals surface area contributed by atoms with E-state index in [0.29, 0.717) is 5.75 Å². The molecule has 1 aromatic rings. The number of ether oxygens (including phenoxy) is 2. The molecule has 1 fully saturated rings. The van der Waals surface area contributed by atoms with Crippen molar-refractivity contribution < 1.29 is 9.47 Å². The van der Waals surface area contributed by atoms with Gasteiger partial charge in [-0.2, -0.15) is 15.6 Å². The van der Waals surface area contributed by atoms with Gasteiger partial charge in [0.25, 0.3) is 0 Å². The third kappa shape index (κ3) is 2.57. The lowest BCUT2D eigenvalue weighted by Gasteiger charge is -2.40. The Morgan fingerprint density at radius 1 is 1.15 bits per heavy atom. The van der Waals surface area contributed by atoms with Gasteiger partial charge in [-0.05, 0) is 30.5 Å². The van der Waals surface area contributed by atoms with Crippen molar-refractivity contribution in [3.8, 4) is 11.5 Å². The average molecular weight is 376 g/mol. The van der Waals surface area contributed by atoms with Crippen molar-refractivity contribution in [1.82, 2.24) is 21.3 Å². The number of amidine groups is 2. The van der Waals surface area contributed by atoms with Crippen LogP contribution in [0.3, 0.4) is 0 Å². The van der Waals surface area contributed by atoms with Crippen LogP contribution in [0.15, 0.2) is 28.4 Å². The van der Waals surface area contributed by atoms with Crippen LogP contribution in [0.2, 0.25) is 0 Å². The molecule has 3 heterocycles. The number of benzene rings is 1. The molecule has 4 rings (SSSR count). The second-order valence-corrected chi connectivity index (χ2v) is 7.58. The Bertz CT molecular complexity index is 764. The highest BCUT2D eigenvalue weighted by molar-refractivity contribution is 8.15. The monoisotopic (exact) mass is 376 g/mol. The molecule has 3 N–H and O–H groups in total. The molecule has 0 amide bonds. The molecule has 0 radical (unpaired) electrons. The molecule has 1 saturated heterocycles. The summed E-state index contributed by atoms with van der Waals surface area (Å²) in [5.74, 6) is 2.40. The molecule has 3 aliphatic heterocycles. The number of nitrogens with zero attached hydrogens (tertiary/aromatic N) is 3. The van der Waals surface area contributed by atoms with E-state index < -0.39 is 0 Å². The average Bonchev–Trinajstić information content (AvgIpc) is 3.26. The predicted molar refractivity (Wildman–Crippen MR) is 103 cm³/mol. The highest BCUT2D eigenvalue weighted by atomic mass is 32.2. The summed E-state index contributed by atoms with van der Waals surface area (Å²) in [4.78, 5) is 0. The lowest BCUT2D eigenvalue weighted by molar-refractivity contribution is 0.156. The minimum atomic E-state index is -0.233. The second kappa shape index (κ2) is 6.55. The zero-order valence-electron chi connectivity index (χ0n) is 15.4. The van der Waals surface area contributed by atoms with E-state index in [1.165, 1.54) is 0 Å². The van der Waals surface area contributed by atoms with E-state index in [1.54, 1.807) is 26.0 Å². The SMILES string of the molecule is CCC1(CC)NN=C2SC3C(=NNC3c3ccc(OC)c(OC)c3)N2N1. The van der Waals surface area contributed by atoms with E-state index >= 15 is 0 Å². The first-order valence-electron chi connectivity index (χ1n) is 8.79. The van der Waals surface area contributed by atoms with Crippen molar-refractivity contribution in [1.29, 1.82) is 0 Å². The van der Waals surface area contributed by atoms with Gasteiger partial charge in [-0.15, -0.1) is 0 Å². The fraction of sp³-hybridized carbons (Fsp3) is 0.529. The molecule has 1 aromatic carbocycles. The van der Waals surface area contributed by atoms with Crippen molar-refractivity contribution in [2.45, 2.75) is 43.6 Å². The quantitative estimate of drug-likeness (QED) is 0.725. The van der Waals surface area contributed by atoms with E-state index in [4.69, 9.17) is 9.47 Å². The van der Waals surface area contributed by atoms with Crippen LogP contribution in [-0.2, 0) is 0 Å². The normalized spacial score (nSPS) is 25.5. The molecule has 3 aliphatic rings. The number of hydrazone groups is 2. The van der Waals surface area contributed by atoms with Gasteiger partial charge in [-0.1, -0.05) is 31.7 Å². The number of hydrogen-bond donors (Lipinski definition) is 3. The van der Waals surface area contributed by atoms with E-state index in [1.807, 2.05) is 23.2 Å². The number of hydrazine groups is 1. The topological polar surface area (TPSA) is 82.5 Å². The number of fused-ring (bicyclic) bond motifs is 3. The molecule has 2 unspecified atom stereocenters. The van der Waals surface area contributed by atoms with Gasteiger partial charge in [0, 0.05) is 0 Å². The lowest BCUT2D eigenvalue weighted by atomic mass is 10.0. The predicted octanol–water partition coefficient (Wildman–Crippen LogP) is 1.97. The Morgan fingerprint density at radius 3 is 2.62 bits per heavy atom. The Morgan fingerprint density at radius 2 is 1.92 bits per heavy atom. The first-order valence-corrected chi connectivity index (χ1v) is 9.67. The van der Waals surface area contributed by atoms with Gasteiger partial charge in [0.05, 0.1) is 25.5 Å². The smallest absolute Gasteiger partial charge is 0.204 e. The standard InChI is InChI=1S/C17H24N6O2S/c1-5-17(6-2)21-20-16-23(22-17)15-14(26-16)13(18-19-15)10-7-8-11(24-3)12(9-10)25-4/h7-9,13-14,18,21-22H,5-6H2,1-4H3. The molecule has 2 atom stereocenters. The molecule has 0 bridgehead atoms. The van der Waals surface area contributed by atoms with Gasteiger partial charge < -0.3 is 9.47 Å². The van der Waals surface area contributed by atoms with Crippen molar-refractivity contribution in [3.63, 3.8) is 0 Å². The van der Waals surface area contributed by atoms with Crippen LogP contribution in [0.25, 0.3) is 0 Å². The van der Waals surface area contributed by atoms with Crippen molar-refractivity contribution in [2.24, 2.45) is 10.2 Å². The number of thioether (sulfide) groups is 1. The fourth-order valence-corrected chi connectivity index (χ4v) is 4.60. The molecule has 140 valence electrons. The molecule has 0 saturated carbocycles. The molecule has 0 aromatic heterocycles. The Labute approximate surface area is 157 Å². The van der Waals surface area contributed by atoms with Gasteiger partial charge >= 0.3 is 0 Å². The Hall–Kier alpha value is -2.13. The summed E-state index contributed by atoms with van der Waals surface area (Å²) >= 11 is 1.70. The summed E-state index contributed by atoms with van der Waals surface area (Å²) < 4.78 is 10.8. The molecular formula is C17H24N6O2S. The minimum absolute atomic E-state index is 0.0440. The van der Waals surface area contributed by atoms with Crippen LogP contribution in [0.5, 0.6) is 11.5 Å². The fourth-order valence-electron chi connectivity index (χ4n) is 3.42. The Kier molecular flexibility index (Phi) is 4.36. The zero-order chi connectivity index (χ0) is 18.3. The number of hydrogen-bond acceptors (Lipinski definition) is 9. The first kappa shape index (κ1) is 17.3. The summed E-state index contributed by atoms with van der Waals surface area (Å²) in [6.45, 7) is 4.29. The third-order valence-corrected chi connectivity index (χ3v) is 6.41. The lowest BCUT2D eigenvalue weighted by Crippen LogP contribution is -2.65. The van der Waals surface area contributed by atoms with Gasteiger partial charge in [0.15, 0.2) is 17.3 Å². The zero-order valence-corrected chi connectivity index (χ0v) is 16.2. The molecule has 0 aliphatic carbocycles. The van der Waals surface area contributed by atoms with E-state index in [0.717, 1.165) is 35.2 Å². The van der Waals surface area contributed by atoms with E-state index in [9.17, 15) is 0 Å². The third-order valence-electron chi connectivity index (χ3n) is 5.19. The van der Waals surface area contributed by atoms with Crippen LogP contribution < -0.4 is 25.8 Å². The van der Waals surface area contributed by atoms with E-state index in [2.05, 4.69) is 40.3 Å². The van der Waals surface area contributed by atoms with Crippen LogP contribution in [0, 0.1) is 0 Å². The second-order valence-electron chi connectivity index (χ2n) is 6.47. The van der Waals surface area contributed by atoms with Crippen LogP contribution in [0.4, 0.5) is 0 Å². The maximum absolute atomic E-state index is 5.45. The highest BCUT2D eigenvalue weighted by Crippen LogP contribution is 2.42. The minimum Gasteiger partial charge on any atom is -0.493 e. The number of nitrogens with one attached hydrogen (secondary N) is 3. The van der Waals surface area contributed by atoms with Crippen molar-refractivity contribution in [3.05, 3.63) is 23.8 Å². The summed E-state index contributed by atoms with van der Waals surface area (Å²) in [5.41, 5.74) is 11.0. The largest absolute Gasteiger partial charge is 0.493 e. The highest BCUT2D eigenvalue weighted by Gasteiger charge is 2.49. The van der Waals surface area contributed by atoms with E-state index in [-0.39, 0.29) is 17.0 Å². The summed E-state index contributed by atoms with van der Waals surface area (Å²) in [7, 11) is 3.29. The molecule has 8 nitrogen and oxygen atoms in total. The number of methoxy groups -OCH3 is 2. The van der Waals surface area contributed by atoms with Gasteiger partial charge in [-0.3, -0.25) is 10.9 Å². The van der Waals surface area contributed by atoms with Gasteiger partial charge in [-0.25, -0.2) is 5.01 Å². The van der Waals surface area contributed by atoms with Crippen LogP contribution >= 0.6 is 11.8 Å². The van der Waals surface area contributed by atoms with Crippen LogP contribution in [0.1, 0.15) is 38.3 Å². The summed E-state index contributed by atoms with van der Waals surface area (Å²) in [5, 5.41) is 12.3. The maximum atomic E-state index is 5.45. The summed E-state index contributed by atoms with van der Waals surface area (Å²) in [6, 6.07) is 6.02. The van der Waals surface area contributed by atoms with Gasteiger partial charge in [0.2, 0.25) is 5.17 Å². The van der Waals surface area contributed by atoms with Crippen molar-refractivity contribution >= 4 is 22.8 Å². The Balaban J connectivity index is 1.59. The summed E-state index contributed by atoms with van der Waals surface area (Å²) in [6.07, 6.45) is 1.85. The van der Waals surface area contributed by atoms with Crippen molar-refractivity contribution in [2.75, 3.05) is 14.2 Å². The molecular weight excluding hydrogens is 352 g/mol. The molecule has 9 heteroatoms. The molecule has 0 spiro atoms. The van der Waals surface area contributed by atoms with Crippen LogP contribution in [-0.4, -0.2) is 41.1 Å². The number of rotatable bonds is 5. The first-order chi connectivity index (χ1) is 12.6.